The molecular weight excluding hydrogens is 370 g/mol. The normalized spacial score (nSPS) is 13.1. The molecule has 0 radical (unpaired) electrons. The van der Waals surface area contributed by atoms with Crippen molar-refractivity contribution in [2.24, 2.45) is 0 Å². The van der Waals surface area contributed by atoms with Gasteiger partial charge in [-0.15, -0.1) is 0 Å². The van der Waals surface area contributed by atoms with E-state index >= 15 is 0 Å². The molecule has 22 heavy (non-hydrogen) atoms. The van der Waals surface area contributed by atoms with Gasteiger partial charge in [-0.25, -0.2) is 13.1 Å². The summed E-state index contributed by atoms with van der Waals surface area (Å²) in [5.41, 5.74) is 0. The Labute approximate surface area is 138 Å². The first-order valence-electron chi connectivity index (χ1n) is 6.84. The second-order valence-electron chi connectivity index (χ2n) is 4.82. The molecule has 1 heterocycles. The van der Waals surface area contributed by atoms with Gasteiger partial charge in [0.05, 0.1) is 12.6 Å². The maximum absolute atomic E-state index is 12.6. The van der Waals surface area contributed by atoms with Crippen LogP contribution in [-0.4, -0.2) is 15.0 Å². The highest BCUT2D eigenvalue weighted by molar-refractivity contribution is 9.10. The Hall–Kier alpha value is -1.31. The van der Waals surface area contributed by atoms with E-state index in [-0.39, 0.29) is 4.90 Å². The standard InChI is InChI=1S/C15H18BrNO4S/c1-4-20-14-8-6-12(16)9-15(14)22(18,19)17-11(3)13-7-5-10(2)21-13/h5-9,11,17H,4H2,1-3H3/t11-/m1/s1. The smallest absolute Gasteiger partial charge is 0.244 e. The lowest BCUT2D eigenvalue weighted by Gasteiger charge is -2.15. The van der Waals surface area contributed by atoms with Crippen molar-refractivity contribution in [1.82, 2.24) is 4.72 Å². The number of aryl methyl sites for hydroxylation is 1. The van der Waals surface area contributed by atoms with Crippen molar-refractivity contribution in [2.75, 3.05) is 6.61 Å². The fourth-order valence-electron chi connectivity index (χ4n) is 2.01. The first-order valence-corrected chi connectivity index (χ1v) is 9.12. The van der Waals surface area contributed by atoms with Crippen LogP contribution in [-0.2, 0) is 10.0 Å². The van der Waals surface area contributed by atoms with Gasteiger partial charge in [-0.05, 0) is 51.1 Å². The highest BCUT2D eigenvalue weighted by Crippen LogP contribution is 2.29. The van der Waals surface area contributed by atoms with E-state index in [0.717, 1.165) is 5.76 Å². The Morgan fingerprint density at radius 3 is 2.64 bits per heavy atom. The molecule has 0 aliphatic carbocycles. The first kappa shape index (κ1) is 17.1. The lowest BCUT2D eigenvalue weighted by Crippen LogP contribution is -2.27. The third-order valence-corrected chi connectivity index (χ3v) is 5.07. The highest BCUT2D eigenvalue weighted by atomic mass is 79.9. The van der Waals surface area contributed by atoms with E-state index < -0.39 is 16.1 Å². The van der Waals surface area contributed by atoms with Crippen LogP contribution >= 0.6 is 15.9 Å². The minimum absolute atomic E-state index is 0.0962. The van der Waals surface area contributed by atoms with Crippen molar-refractivity contribution in [2.45, 2.75) is 31.7 Å². The first-order chi connectivity index (χ1) is 10.3. The molecule has 0 spiro atoms. The fourth-order valence-corrected chi connectivity index (χ4v) is 3.90. The van der Waals surface area contributed by atoms with Crippen LogP contribution in [0.4, 0.5) is 0 Å². The van der Waals surface area contributed by atoms with E-state index in [0.29, 0.717) is 22.6 Å². The molecule has 0 bridgehead atoms. The summed E-state index contributed by atoms with van der Waals surface area (Å²) >= 11 is 3.29. The van der Waals surface area contributed by atoms with Gasteiger partial charge in [0.1, 0.15) is 22.2 Å². The third-order valence-electron chi connectivity index (χ3n) is 3.01. The van der Waals surface area contributed by atoms with Crippen LogP contribution in [0.15, 0.2) is 44.1 Å². The quantitative estimate of drug-likeness (QED) is 0.818. The number of ether oxygens (including phenoxy) is 1. The average molecular weight is 388 g/mol. The Morgan fingerprint density at radius 2 is 2.05 bits per heavy atom. The van der Waals surface area contributed by atoms with Crippen LogP contribution in [0, 0.1) is 6.92 Å². The summed E-state index contributed by atoms with van der Waals surface area (Å²) < 4.78 is 39.4. The number of hydrogen-bond donors (Lipinski definition) is 1. The number of nitrogens with one attached hydrogen (secondary N) is 1. The average Bonchev–Trinajstić information content (AvgIpc) is 2.87. The van der Waals surface area contributed by atoms with E-state index in [4.69, 9.17) is 9.15 Å². The van der Waals surface area contributed by atoms with Gasteiger partial charge in [0.15, 0.2) is 0 Å². The number of hydrogen-bond acceptors (Lipinski definition) is 4. The molecule has 1 aromatic heterocycles. The Balaban J connectivity index is 2.32. The molecule has 1 N–H and O–H groups in total. The predicted octanol–water partition coefficient (Wildman–Crippen LogP) is 3.79. The lowest BCUT2D eigenvalue weighted by atomic mass is 10.3. The van der Waals surface area contributed by atoms with Crippen LogP contribution in [0.5, 0.6) is 5.75 Å². The summed E-state index contributed by atoms with van der Waals surface area (Å²) in [7, 11) is -3.74. The van der Waals surface area contributed by atoms with Crippen molar-refractivity contribution in [3.63, 3.8) is 0 Å². The Kier molecular flexibility index (Phi) is 5.31. The molecule has 2 aromatic rings. The van der Waals surface area contributed by atoms with Gasteiger partial charge in [-0.3, -0.25) is 0 Å². The van der Waals surface area contributed by atoms with E-state index in [1.165, 1.54) is 6.07 Å². The number of sulfonamides is 1. The Bertz CT molecular complexity index is 755. The number of rotatable bonds is 6. The zero-order valence-corrected chi connectivity index (χ0v) is 15.0. The van der Waals surface area contributed by atoms with Gasteiger partial charge in [0.2, 0.25) is 10.0 Å². The molecule has 0 unspecified atom stereocenters. The Morgan fingerprint density at radius 1 is 1.32 bits per heavy atom. The number of benzene rings is 1. The summed E-state index contributed by atoms with van der Waals surface area (Å²) in [6.45, 7) is 5.73. The monoisotopic (exact) mass is 387 g/mol. The van der Waals surface area contributed by atoms with Crippen molar-refractivity contribution >= 4 is 26.0 Å². The lowest BCUT2D eigenvalue weighted by molar-refractivity contribution is 0.330. The summed E-state index contributed by atoms with van der Waals surface area (Å²) in [5, 5.41) is 0. The molecule has 0 aliphatic rings. The van der Waals surface area contributed by atoms with Crippen LogP contribution in [0.3, 0.4) is 0 Å². The van der Waals surface area contributed by atoms with Crippen molar-refractivity contribution in [3.8, 4) is 5.75 Å². The van der Waals surface area contributed by atoms with Gasteiger partial charge >= 0.3 is 0 Å². The summed E-state index contributed by atoms with van der Waals surface area (Å²) in [6.07, 6.45) is 0. The highest BCUT2D eigenvalue weighted by Gasteiger charge is 2.24. The van der Waals surface area contributed by atoms with Crippen molar-refractivity contribution in [3.05, 3.63) is 46.3 Å². The van der Waals surface area contributed by atoms with Crippen LogP contribution in [0.25, 0.3) is 0 Å². The molecule has 1 aromatic carbocycles. The molecule has 0 aliphatic heterocycles. The third kappa shape index (κ3) is 3.91. The molecule has 7 heteroatoms. The molecule has 5 nitrogen and oxygen atoms in total. The maximum atomic E-state index is 12.6. The van der Waals surface area contributed by atoms with Crippen molar-refractivity contribution in [1.29, 1.82) is 0 Å². The molecular formula is C15H18BrNO4S. The van der Waals surface area contributed by atoms with Crippen molar-refractivity contribution < 1.29 is 17.6 Å². The fraction of sp³-hybridized carbons (Fsp3) is 0.333. The topological polar surface area (TPSA) is 68.5 Å². The van der Waals surface area contributed by atoms with Gasteiger partial charge in [-0.2, -0.15) is 0 Å². The van der Waals surface area contributed by atoms with Gasteiger partial charge in [0, 0.05) is 4.47 Å². The van der Waals surface area contributed by atoms with Crippen LogP contribution in [0.1, 0.15) is 31.4 Å². The van der Waals surface area contributed by atoms with Gasteiger partial charge < -0.3 is 9.15 Å². The van der Waals surface area contributed by atoms with E-state index in [1.54, 1.807) is 38.1 Å². The largest absolute Gasteiger partial charge is 0.492 e. The van der Waals surface area contributed by atoms with E-state index in [1.807, 2.05) is 6.92 Å². The summed E-state index contributed by atoms with van der Waals surface area (Å²) in [5.74, 6) is 1.62. The summed E-state index contributed by atoms with van der Waals surface area (Å²) in [6, 6.07) is 7.96. The summed E-state index contributed by atoms with van der Waals surface area (Å²) in [4.78, 5) is 0.0962. The maximum Gasteiger partial charge on any atom is 0.244 e. The molecule has 120 valence electrons. The molecule has 0 fully saturated rings. The minimum atomic E-state index is -3.74. The van der Waals surface area contributed by atoms with E-state index in [2.05, 4.69) is 20.7 Å². The number of halogens is 1. The molecule has 0 saturated carbocycles. The molecule has 0 amide bonds. The zero-order valence-electron chi connectivity index (χ0n) is 12.6. The van der Waals surface area contributed by atoms with Gasteiger partial charge in [0.25, 0.3) is 0 Å². The molecule has 1 atom stereocenters. The zero-order chi connectivity index (χ0) is 16.3. The van der Waals surface area contributed by atoms with Crippen LogP contribution < -0.4 is 9.46 Å². The predicted molar refractivity (Wildman–Crippen MR) is 87.5 cm³/mol. The number of furan rings is 1. The molecule has 2 rings (SSSR count). The SMILES string of the molecule is CCOc1ccc(Br)cc1S(=O)(=O)N[C@H](C)c1ccc(C)o1. The minimum Gasteiger partial charge on any atom is -0.492 e. The molecule has 0 saturated heterocycles. The second kappa shape index (κ2) is 6.85. The second-order valence-corrected chi connectivity index (χ2v) is 7.41. The van der Waals surface area contributed by atoms with Gasteiger partial charge in [-0.1, -0.05) is 15.9 Å². The van der Waals surface area contributed by atoms with Crippen LogP contribution in [0.2, 0.25) is 0 Å². The van der Waals surface area contributed by atoms with E-state index in [9.17, 15) is 8.42 Å².